The number of nitrogens with zero attached hydrogens (tertiary/aromatic N) is 2. The average molecular weight is 432 g/mol. The summed E-state index contributed by atoms with van der Waals surface area (Å²) in [6.45, 7) is 1.60. The van der Waals surface area contributed by atoms with Gasteiger partial charge in [0.2, 0.25) is 5.91 Å². The van der Waals surface area contributed by atoms with Crippen molar-refractivity contribution >= 4 is 27.5 Å². The number of hydrogen-bond acceptors (Lipinski definition) is 5. The highest BCUT2D eigenvalue weighted by Gasteiger charge is 2.22. The molecule has 3 rings (SSSR count). The van der Waals surface area contributed by atoms with Crippen LogP contribution in [0.2, 0.25) is 0 Å². The Morgan fingerprint density at radius 1 is 1.13 bits per heavy atom. The van der Waals surface area contributed by atoms with Crippen LogP contribution in [0.5, 0.6) is 5.75 Å². The summed E-state index contributed by atoms with van der Waals surface area (Å²) < 4.78 is 31.9. The fourth-order valence-corrected chi connectivity index (χ4v) is 4.41. The molecule has 0 saturated carbocycles. The van der Waals surface area contributed by atoms with Crippen molar-refractivity contribution in [3.05, 3.63) is 54.1 Å². The molecule has 0 bridgehead atoms. The minimum Gasteiger partial charge on any atom is -0.497 e. The van der Waals surface area contributed by atoms with Gasteiger partial charge in [0.05, 0.1) is 17.7 Å². The molecular weight excluding hydrogens is 406 g/mol. The number of amides is 2. The van der Waals surface area contributed by atoms with E-state index >= 15 is 0 Å². The Bertz CT molecular complexity index is 1000. The maximum Gasteiger partial charge on any atom is 0.264 e. The normalized spacial score (nSPS) is 13.9. The standard InChI is InChI=1S/C21H25N3O5S/c1-23(30(27,28)19-11-9-18(29-2)10-12-19)17-7-5-16(6-8-17)21(26)22-13-15-24-14-3-4-20(24)25/h5-12H,3-4,13-15H2,1-2H3,(H,22,26). The van der Waals surface area contributed by atoms with Crippen LogP contribution in [0.1, 0.15) is 23.2 Å². The molecule has 0 radical (unpaired) electrons. The van der Waals surface area contributed by atoms with E-state index in [1.807, 2.05) is 0 Å². The number of hydrogen-bond donors (Lipinski definition) is 1. The van der Waals surface area contributed by atoms with Crippen LogP contribution in [-0.2, 0) is 14.8 Å². The first-order valence-electron chi connectivity index (χ1n) is 9.62. The Hall–Kier alpha value is -3.07. The molecule has 8 nitrogen and oxygen atoms in total. The van der Waals surface area contributed by atoms with E-state index in [-0.39, 0.29) is 16.7 Å². The number of carbonyl (C=O) groups is 2. The Kier molecular flexibility index (Phi) is 6.61. The third kappa shape index (κ3) is 4.73. The largest absolute Gasteiger partial charge is 0.497 e. The van der Waals surface area contributed by atoms with Crippen molar-refractivity contribution in [2.24, 2.45) is 0 Å². The third-order valence-corrected chi connectivity index (χ3v) is 6.85. The maximum atomic E-state index is 12.8. The van der Waals surface area contributed by atoms with Gasteiger partial charge in [-0.1, -0.05) is 0 Å². The van der Waals surface area contributed by atoms with Crippen molar-refractivity contribution in [3.8, 4) is 5.75 Å². The van der Waals surface area contributed by atoms with E-state index < -0.39 is 10.0 Å². The molecule has 160 valence electrons. The van der Waals surface area contributed by atoms with Crippen molar-refractivity contribution in [1.29, 1.82) is 0 Å². The molecule has 1 heterocycles. The first-order chi connectivity index (χ1) is 14.3. The van der Waals surface area contributed by atoms with Gasteiger partial charge < -0.3 is 15.0 Å². The summed E-state index contributed by atoms with van der Waals surface area (Å²) in [4.78, 5) is 25.8. The Morgan fingerprint density at radius 3 is 2.37 bits per heavy atom. The Balaban J connectivity index is 1.62. The van der Waals surface area contributed by atoms with Crippen LogP contribution in [0.25, 0.3) is 0 Å². The Morgan fingerprint density at radius 2 is 1.80 bits per heavy atom. The summed E-state index contributed by atoms with van der Waals surface area (Å²) >= 11 is 0. The number of sulfonamides is 1. The lowest BCUT2D eigenvalue weighted by Crippen LogP contribution is -2.35. The van der Waals surface area contributed by atoms with Gasteiger partial charge >= 0.3 is 0 Å². The van der Waals surface area contributed by atoms with E-state index in [0.717, 1.165) is 17.3 Å². The summed E-state index contributed by atoms with van der Waals surface area (Å²) in [7, 11) is -0.766. The third-order valence-electron chi connectivity index (χ3n) is 5.05. The van der Waals surface area contributed by atoms with Gasteiger partial charge in [-0.3, -0.25) is 13.9 Å². The number of rotatable bonds is 8. The maximum absolute atomic E-state index is 12.8. The SMILES string of the molecule is COc1ccc(S(=O)(=O)N(C)c2ccc(C(=O)NCCN3CCCC3=O)cc2)cc1. The molecule has 1 N–H and O–H groups in total. The monoisotopic (exact) mass is 431 g/mol. The van der Waals surface area contributed by atoms with Crippen molar-refractivity contribution in [1.82, 2.24) is 10.2 Å². The lowest BCUT2D eigenvalue weighted by Gasteiger charge is -2.20. The average Bonchev–Trinajstić information content (AvgIpc) is 3.18. The highest BCUT2D eigenvalue weighted by molar-refractivity contribution is 7.92. The molecule has 1 saturated heterocycles. The fourth-order valence-electron chi connectivity index (χ4n) is 3.21. The van der Waals surface area contributed by atoms with Crippen LogP contribution in [0.15, 0.2) is 53.4 Å². The summed E-state index contributed by atoms with van der Waals surface area (Å²) in [6.07, 6.45) is 1.43. The molecule has 2 aromatic carbocycles. The zero-order valence-electron chi connectivity index (χ0n) is 17.0. The predicted molar refractivity (Wildman–Crippen MR) is 113 cm³/mol. The molecule has 2 amide bonds. The number of likely N-dealkylation sites (tertiary alicyclic amines) is 1. The van der Waals surface area contributed by atoms with Gasteiger partial charge in [-0.25, -0.2) is 8.42 Å². The Labute approximate surface area is 176 Å². The second-order valence-electron chi connectivity index (χ2n) is 6.94. The van der Waals surface area contributed by atoms with Gasteiger partial charge in [0, 0.05) is 38.7 Å². The molecule has 1 aliphatic rings. The first-order valence-corrected chi connectivity index (χ1v) is 11.1. The van der Waals surface area contributed by atoms with Crippen LogP contribution in [0.4, 0.5) is 5.69 Å². The molecule has 0 aliphatic carbocycles. The molecular formula is C21H25N3O5S. The summed E-state index contributed by atoms with van der Waals surface area (Å²) in [5, 5.41) is 2.79. The van der Waals surface area contributed by atoms with E-state index in [4.69, 9.17) is 4.74 Å². The molecule has 2 aromatic rings. The van der Waals surface area contributed by atoms with E-state index in [1.54, 1.807) is 41.3 Å². The first kappa shape index (κ1) is 21.6. The number of methoxy groups -OCH3 is 1. The van der Waals surface area contributed by atoms with Crippen molar-refractivity contribution in [2.75, 3.05) is 38.1 Å². The summed E-state index contributed by atoms with van der Waals surface area (Å²) in [6, 6.07) is 12.5. The van der Waals surface area contributed by atoms with Gasteiger partial charge in [-0.15, -0.1) is 0 Å². The minimum absolute atomic E-state index is 0.120. The van der Waals surface area contributed by atoms with Crippen LogP contribution >= 0.6 is 0 Å². The highest BCUT2D eigenvalue weighted by Crippen LogP contribution is 2.24. The van der Waals surface area contributed by atoms with Crippen LogP contribution in [-0.4, -0.2) is 58.9 Å². The highest BCUT2D eigenvalue weighted by atomic mass is 32.2. The van der Waals surface area contributed by atoms with Gasteiger partial charge in [0.25, 0.3) is 15.9 Å². The molecule has 9 heteroatoms. The predicted octanol–water partition coefficient (Wildman–Crippen LogP) is 1.87. The van der Waals surface area contributed by atoms with Gasteiger partial charge in [-0.05, 0) is 55.0 Å². The van der Waals surface area contributed by atoms with Gasteiger partial charge in [0.15, 0.2) is 0 Å². The number of benzene rings is 2. The second-order valence-corrected chi connectivity index (χ2v) is 8.90. The zero-order valence-corrected chi connectivity index (χ0v) is 17.8. The number of nitrogens with one attached hydrogen (secondary N) is 1. The fraction of sp³-hybridized carbons (Fsp3) is 0.333. The van der Waals surface area contributed by atoms with Crippen LogP contribution < -0.4 is 14.4 Å². The number of carbonyl (C=O) groups excluding carboxylic acids is 2. The van der Waals surface area contributed by atoms with Crippen LogP contribution in [0.3, 0.4) is 0 Å². The number of ether oxygens (including phenoxy) is 1. The van der Waals surface area contributed by atoms with Crippen molar-refractivity contribution < 1.29 is 22.7 Å². The minimum atomic E-state index is -3.74. The molecule has 30 heavy (non-hydrogen) atoms. The van der Waals surface area contributed by atoms with Gasteiger partial charge in [-0.2, -0.15) is 0 Å². The van der Waals surface area contributed by atoms with E-state index in [0.29, 0.717) is 36.5 Å². The van der Waals surface area contributed by atoms with Crippen molar-refractivity contribution in [3.63, 3.8) is 0 Å². The zero-order chi connectivity index (χ0) is 21.7. The molecule has 0 unspecified atom stereocenters. The number of anilines is 1. The molecule has 0 spiro atoms. The van der Waals surface area contributed by atoms with E-state index in [9.17, 15) is 18.0 Å². The second kappa shape index (κ2) is 9.17. The lowest BCUT2D eigenvalue weighted by atomic mass is 10.2. The van der Waals surface area contributed by atoms with E-state index in [1.165, 1.54) is 26.3 Å². The molecule has 1 aliphatic heterocycles. The summed E-state index contributed by atoms with van der Waals surface area (Å²) in [5.41, 5.74) is 0.853. The van der Waals surface area contributed by atoms with Crippen molar-refractivity contribution in [2.45, 2.75) is 17.7 Å². The molecule has 0 atom stereocenters. The lowest BCUT2D eigenvalue weighted by molar-refractivity contribution is -0.127. The summed E-state index contributed by atoms with van der Waals surface area (Å²) in [5.74, 6) is 0.421. The van der Waals surface area contributed by atoms with Gasteiger partial charge in [0.1, 0.15) is 5.75 Å². The topological polar surface area (TPSA) is 96.0 Å². The van der Waals surface area contributed by atoms with E-state index in [2.05, 4.69) is 5.32 Å². The molecule has 0 aromatic heterocycles. The van der Waals surface area contributed by atoms with Crippen LogP contribution in [0, 0.1) is 0 Å². The quantitative estimate of drug-likeness (QED) is 0.688. The molecule has 1 fully saturated rings. The smallest absolute Gasteiger partial charge is 0.264 e.